The third-order valence-corrected chi connectivity index (χ3v) is 14.0. The molecule has 2 saturated carbocycles. The summed E-state index contributed by atoms with van der Waals surface area (Å²) in [5, 5.41) is 7.33. The van der Waals surface area contributed by atoms with Gasteiger partial charge in [-0.3, -0.25) is 14.2 Å². The zero-order valence-corrected chi connectivity index (χ0v) is 34.6. The number of thiazole rings is 1. The molecule has 56 heavy (non-hydrogen) atoms. The summed E-state index contributed by atoms with van der Waals surface area (Å²) < 4.78 is 43.6. The van der Waals surface area contributed by atoms with E-state index in [0.29, 0.717) is 38.9 Å². The molecule has 15 nitrogen and oxygen atoms in total. The quantitative estimate of drug-likeness (QED) is 0.109. The van der Waals surface area contributed by atoms with Crippen LogP contribution < -0.4 is 25.8 Å². The first-order valence-corrected chi connectivity index (χ1v) is 21.6. The summed E-state index contributed by atoms with van der Waals surface area (Å²) in [5.41, 5.74) is 6.84. The van der Waals surface area contributed by atoms with Crippen LogP contribution in [0.25, 0.3) is 22.3 Å². The predicted molar refractivity (Wildman–Crippen MR) is 214 cm³/mol. The van der Waals surface area contributed by atoms with E-state index in [1.807, 2.05) is 26.8 Å². The number of benzene rings is 1. The summed E-state index contributed by atoms with van der Waals surface area (Å²) in [6, 6.07) is 5.02. The Hall–Kier alpha value is -4.24. The number of ether oxygens (including phenoxy) is 3. The van der Waals surface area contributed by atoms with E-state index < -0.39 is 54.4 Å². The third-order valence-electron chi connectivity index (χ3n) is 10.6. The number of hydrogen-bond acceptors (Lipinski definition) is 13. The number of pyridine rings is 1. The molecule has 6 rings (SSSR count). The number of alkyl carbamates (subject to hydrolysis) is 1. The van der Waals surface area contributed by atoms with Gasteiger partial charge in [0.15, 0.2) is 5.13 Å². The van der Waals surface area contributed by atoms with Crippen molar-refractivity contribution in [2.45, 2.75) is 103 Å². The van der Waals surface area contributed by atoms with Crippen LogP contribution in [0.4, 0.5) is 9.93 Å². The summed E-state index contributed by atoms with van der Waals surface area (Å²) >= 11 is 1.28. The maximum absolute atomic E-state index is 14.8. The zero-order valence-electron chi connectivity index (χ0n) is 32.9. The number of rotatable bonds is 15. The molecule has 0 radical (unpaired) electrons. The average molecular weight is 813 g/mol. The van der Waals surface area contributed by atoms with Gasteiger partial charge in [-0.25, -0.2) is 14.8 Å². The number of aromatic nitrogens is 2. The smallest absolute Gasteiger partial charge is 0.408 e. The number of nitrogens with zero attached hydrogens (tertiary/aromatic N) is 3. The summed E-state index contributed by atoms with van der Waals surface area (Å²) in [5.74, 6) is -0.391. The Labute approximate surface area is 331 Å². The molecule has 1 aliphatic heterocycles. The molecular formula is C39H53N6O9PS. The van der Waals surface area contributed by atoms with Crippen molar-refractivity contribution in [3.63, 3.8) is 0 Å². The van der Waals surface area contributed by atoms with Crippen molar-refractivity contribution in [1.29, 1.82) is 0 Å². The van der Waals surface area contributed by atoms with Gasteiger partial charge in [0, 0.05) is 35.2 Å². The van der Waals surface area contributed by atoms with Gasteiger partial charge in [-0.2, -0.15) is 0 Å². The molecule has 304 valence electrons. The van der Waals surface area contributed by atoms with Crippen LogP contribution in [-0.2, 0) is 27.9 Å². The van der Waals surface area contributed by atoms with Crippen molar-refractivity contribution in [3.8, 4) is 22.9 Å². The van der Waals surface area contributed by atoms with Crippen LogP contribution in [0.3, 0.4) is 0 Å². The zero-order chi connectivity index (χ0) is 40.4. The van der Waals surface area contributed by atoms with E-state index in [1.165, 1.54) is 16.2 Å². The number of fused-ring (bicyclic) bond motifs is 1. The molecule has 0 bridgehead atoms. The largest absolute Gasteiger partial charge is 0.497 e. The Morgan fingerprint density at radius 2 is 1.82 bits per heavy atom. The first-order chi connectivity index (χ1) is 26.6. The second kappa shape index (κ2) is 16.7. The van der Waals surface area contributed by atoms with Gasteiger partial charge >= 0.3 is 13.7 Å². The second-order valence-electron chi connectivity index (χ2n) is 15.5. The lowest BCUT2D eigenvalue weighted by Crippen LogP contribution is -2.58. The first-order valence-electron chi connectivity index (χ1n) is 19.1. The number of carbonyl (C=O) groups is 3. The number of nitrogens with one attached hydrogen (secondary N) is 2. The summed E-state index contributed by atoms with van der Waals surface area (Å²) in [4.78, 5) is 53.2. The lowest BCUT2D eigenvalue weighted by molar-refractivity contribution is -0.142. The molecule has 3 fully saturated rings. The molecule has 1 saturated heterocycles. The van der Waals surface area contributed by atoms with E-state index in [2.05, 4.69) is 22.2 Å². The lowest BCUT2D eigenvalue weighted by Gasteiger charge is -2.36. The van der Waals surface area contributed by atoms with Crippen LogP contribution in [-0.4, -0.2) is 89.2 Å². The molecule has 3 aliphatic rings. The Morgan fingerprint density at radius 1 is 1.11 bits per heavy atom. The highest BCUT2D eigenvalue weighted by atomic mass is 32.1. The third kappa shape index (κ3) is 8.53. The molecule has 3 aromatic rings. The molecule has 17 heteroatoms. The van der Waals surface area contributed by atoms with E-state index in [-0.39, 0.29) is 44.6 Å². The van der Waals surface area contributed by atoms with Crippen LogP contribution >= 0.6 is 18.9 Å². The topological polar surface area (TPSA) is 194 Å². The van der Waals surface area contributed by atoms with Crippen LogP contribution in [0.15, 0.2) is 42.3 Å². The van der Waals surface area contributed by atoms with Crippen LogP contribution in [0, 0.1) is 11.3 Å². The van der Waals surface area contributed by atoms with Crippen molar-refractivity contribution in [3.05, 3.63) is 42.3 Å². The van der Waals surface area contributed by atoms with E-state index in [0.717, 1.165) is 25.7 Å². The fourth-order valence-corrected chi connectivity index (χ4v) is 10.6. The summed E-state index contributed by atoms with van der Waals surface area (Å²) in [6.45, 7) is 13.0. The number of amides is 3. The number of nitrogens with two attached hydrogens (primary N) is 1. The van der Waals surface area contributed by atoms with Crippen LogP contribution in [0.1, 0.15) is 73.1 Å². The normalized spacial score (nSPS) is 23.1. The molecule has 4 N–H and O–H groups in total. The number of nitrogen functional groups attached to an aromatic ring is 1. The number of carbonyl (C=O) groups excluding carboxylic acids is 3. The monoisotopic (exact) mass is 812 g/mol. The van der Waals surface area contributed by atoms with Gasteiger partial charge in [-0.1, -0.05) is 26.8 Å². The molecule has 0 spiro atoms. The van der Waals surface area contributed by atoms with E-state index in [9.17, 15) is 18.9 Å². The fourth-order valence-electron chi connectivity index (χ4n) is 7.60. The van der Waals surface area contributed by atoms with Gasteiger partial charge in [0.25, 0.3) is 0 Å². The van der Waals surface area contributed by atoms with Crippen molar-refractivity contribution in [2.24, 2.45) is 11.3 Å². The minimum Gasteiger partial charge on any atom is -0.497 e. The molecule has 2 aromatic heterocycles. The average Bonchev–Trinajstić information content (AvgIpc) is 3.54. The molecule has 2 aliphatic carbocycles. The van der Waals surface area contributed by atoms with Crippen LogP contribution in [0.5, 0.6) is 11.5 Å². The molecule has 3 heterocycles. The fraction of sp³-hybridized carbons (Fsp3) is 0.564. The van der Waals surface area contributed by atoms with Crippen molar-refractivity contribution in [2.75, 3.05) is 32.6 Å². The number of likely N-dealkylation sites (tertiary alicyclic amines) is 1. The minimum absolute atomic E-state index is 0.00568. The van der Waals surface area contributed by atoms with E-state index in [1.54, 1.807) is 50.6 Å². The Morgan fingerprint density at radius 3 is 2.41 bits per heavy atom. The van der Waals surface area contributed by atoms with Crippen LogP contribution in [0.2, 0.25) is 0 Å². The standard InChI is InChI=1S/C39H53N6O9PS/c1-8-23-20-39(23,55(49,51-9-2)52-10-3)44-34(46)31-18-26(21-45(31)35(47)33(38(4,5)6)43-37(48)54-24-13-11-12-14-24)53-32-19-29(30-22-56-36(40)42-30)41-28-17-25(50-7)15-16-27(28)32/h8,15-17,19,22-24,26,31,33H,1,9-14,18,20-21H2,2-7H3,(H2,40,42)(H,43,48)(H,44,46)/t23-,26-,31+,33-,39+/m1/s1. The lowest BCUT2D eigenvalue weighted by atomic mass is 9.85. The molecular weight excluding hydrogens is 760 g/mol. The van der Waals surface area contributed by atoms with E-state index in [4.69, 9.17) is 34.0 Å². The van der Waals surface area contributed by atoms with Gasteiger partial charge in [0.1, 0.15) is 46.8 Å². The number of methoxy groups -OCH3 is 1. The van der Waals surface area contributed by atoms with Crippen molar-refractivity contribution in [1.82, 2.24) is 25.5 Å². The van der Waals surface area contributed by atoms with Gasteiger partial charge < -0.3 is 44.5 Å². The molecule has 1 aromatic carbocycles. The van der Waals surface area contributed by atoms with E-state index >= 15 is 0 Å². The number of hydrogen-bond donors (Lipinski definition) is 3. The predicted octanol–water partition coefficient (Wildman–Crippen LogP) is 6.67. The maximum Gasteiger partial charge on any atom is 0.408 e. The minimum atomic E-state index is -3.88. The Balaban J connectivity index is 1.35. The van der Waals surface area contributed by atoms with Gasteiger partial charge in [0.2, 0.25) is 11.8 Å². The molecule has 0 unspecified atom stereocenters. The number of anilines is 1. The van der Waals surface area contributed by atoms with Crippen molar-refractivity contribution >= 4 is 52.9 Å². The maximum atomic E-state index is 14.8. The SMILES string of the molecule is C=C[C@@H]1C[C@]1(NC(=O)[C@@H]1C[C@@H](Oc2cc(-c3csc(N)n3)nc3cc(OC)ccc23)CN1C(=O)[C@@H](NC(=O)OC1CCCC1)C(C)(C)C)P(=O)(OCC)OCC. The van der Waals surface area contributed by atoms with Gasteiger partial charge in [0.05, 0.1) is 38.1 Å². The molecule has 5 atom stereocenters. The summed E-state index contributed by atoms with van der Waals surface area (Å²) in [7, 11) is -2.31. The first kappa shape index (κ1) is 41.4. The van der Waals surface area contributed by atoms with Crippen molar-refractivity contribution < 1.29 is 42.2 Å². The highest BCUT2D eigenvalue weighted by molar-refractivity contribution is 7.56. The second-order valence-corrected chi connectivity index (χ2v) is 18.7. The molecule has 3 amide bonds. The highest BCUT2D eigenvalue weighted by Gasteiger charge is 2.68. The van der Waals surface area contributed by atoms with Gasteiger partial charge in [-0.05, 0) is 63.5 Å². The summed E-state index contributed by atoms with van der Waals surface area (Å²) in [6.07, 6.45) is 3.86. The highest BCUT2D eigenvalue weighted by Crippen LogP contribution is 2.72. The Bertz CT molecular complexity index is 1990. The van der Waals surface area contributed by atoms with Gasteiger partial charge in [-0.15, -0.1) is 17.9 Å². The Kier molecular flexibility index (Phi) is 12.3.